The first-order valence-electron chi connectivity index (χ1n) is 9.73. The minimum atomic E-state index is -3.59. The zero-order chi connectivity index (χ0) is 19.7. The Morgan fingerprint density at radius 1 is 1.07 bits per heavy atom. The molecule has 0 unspecified atom stereocenters. The molecule has 1 heterocycles. The zero-order valence-corrected chi connectivity index (χ0v) is 16.8. The van der Waals surface area contributed by atoms with Crippen molar-refractivity contribution >= 4 is 27.4 Å². The van der Waals surface area contributed by atoms with Crippen molar-refractivity contribution in [2.24, 2.45) is 0 Å². The molecule has 2 aliphatic rings. The summed E-state index contributed by atoms with van der Waals surface area (Å²) in [5.41, 5.74) is 3.31. The summed E-state index contributed by atoms with van der Waals surface area (Å²) in [6.45, 7) is 2.34. The van der Waals surface area contributed by atoms with Crippen LogP contribution in [0.4, 0.5) is 16.2 Å². The molecule has 0 spiro atoms. The molecule has 1 aliphatic carbocycles. The molecule has 1 aliphatic heterocycles. The number of anilines is 2. The molecule has 1 saturated carbocycles. The van der Waals surface area contributed by atoms with E-state index in [9.17, 15) is 13.2 Å². The van der Waals surface area contributed by atoms with Crippen LogP contribution in [-0.4, -0.2) is 27.0 Å². The van der Waals surface area contributed by atoms with Gasteiger partial charge in [-0.15, -0.1) is 0 Å². The third-order valence-electron chi connectivity index (χ3n) is 5.49. The zero-order valence-electron chi connectivity index (χ0n) is 15.9. The molecule has 2 aromatic rings. The number of urea groups is 1. The maximum absolute atomic E-state index is 13.0. The monoisotopic (exact) mass is 399 g/mol. The van der Waals surface area contributed by atoms with Crippen molar-refractivity contribution in [3.63, 3.8) is 0 Å². The Bertz CT molecular complexity index is 980. The van der Waals surface area contributed by atoms with Gasteiger partial charge in [0.1, 0.15) is 0 Å². The van der Waals surface area contributed by atoms with E-state index in [0.717, 1.165) is 36.8 Å². The van der Waals surface area contributed by atoms with Gasteiger partial charge in [0.25, 0.3) is 10.0 Å². The standard InChI is InChI=1S/C21H25N3O3S/c1-15-6-9-19(10-7-15)28(26,27)24-13-12-16-14-18(8-11-20(16)24)23-21(25)22-17-4-2-3-5-17/h6-11,14,17H,2-5,12-13H2,1H3,(H2,22,23,25). The highest BCUT2D eigenvalue weighted by atomic mass is 32.2. The molecule has 0 atom stereocenters. The summed E-state index contributed by atoms with van der Waals surface area (Å²) in [7, 11) is -3.59. The summed E-state index contributed by atoms with van der Waals surface area (Å²) in [6.07, 6.45) is 5.01. The topological polar surface area (TPSA) is 78.5 Å². The lowest BCUT2D eigenvalue weighted by Crippen LogP contribution is -2.36. The van der Waals surface area contributed by atoms with Crippen molar-refractivity contribution < 1.29 is 13.2 Å². The van der Waals surface area contributed by atoms with Gasteiger partial charge in [-0.2, -0.15) is 0 Å². The number of rotatable bonds is 4. The number of amides is 2. The number of carbonyl (C=O) groups is 1. The molecular formula is C21H25N3O3S. The Kier molecular flexibility index (Phi) is 5.02. The summed E-state index contributed by atoms with van der Waals surface area (Å²) >= 11 is 0. The van der Waals surface area contributed by atoms with E-state index in [-0.39, 0.29) is 12.1 Å². The lowest BCUT2D eigenvalue weighted by molar-refractivity contribution is 0.248. The van der Waals surface area contributed by atoms with Crippen LogP contribution < -0.4 is 14.9 Å². The molecule has 0 bridgehead atoms. The van der Waals surface area contributed by atoms with Gasteiger partial charge >= 0.3 is 6.03 Å². The normalized spacial score (nSPS) is 16.8. The minimum Gasteiger partial charge on any atom is -0.335 e. The number of nitrogens with one attached hydrogen (secondary N) is 2. The van der Waals surface area contributed by atoms with Gasteiger partial charge in [0.15, 0.2) is 0 Å². The van der Waals surface area contributed by atoms with Gasteiger partial charge in [-0.3, -0.25) is 4.31 Å². The number of fused-ring (bicyclic) bond motifs is 1. The molecule has 0 aromatic heterocycles. The molecule has 2 aromatic carbocycles. The second kappa shape index (κ2) is 7.47. The molecule has 0 saturated heterocycles. The van der Waals surface area contributed by atoms with Gasteiger partial charge in [-0.05, 0) is 62.1 Å². The second-order valence-electron chi connectivity index (χ2n) is 7.56. The van der Waals surface area contributed by atoms with Gasteiger partial charge in [-0.25, -0.2) is 13.2 Å². The van der Waals surface area contributed by atoms with Crippen LogP contribution >= 0.6 is 0 Å². The van der Waals surface area contributed by atoms with Crippen LogP contribution in [0.15, 0.2) is 47.4 Å². The van der Waals surface area contributed by atoms with Crippen molar-refractivity contribution in [2.75, 3.05) is 16.2 Å². The van der Waals surface area contributed by atoms with E-state index >= 15 is 0 Å². The molecular weight excluding hydrogens is 374 g/mol. The molecule has 148 valence electrons. The first-order valence-corrected chi connectivity index (χ1v) is 11.2. The molecule has 28 heavy (non-hydrogen) atoms. The van der Waals surface area contributed by atoms with Crippen molar-refractivity contribution in [2.45, 2.75) is 50.0 Å². The number of sulfonamides is 1. The molecule has 7 heteroatoms. The molecule has 2 N–H and O–H groups in total. The van der Waals surface area contributed by atoms with Crippen molar-refractivity contribution in [1.29, 1.82) is 0 Å². The van der Waals surface area contributed by atoms with E-state index in [0.29, 0.717) is 29.2 Å². The number of hydrogen-bond acceptors (Lipinski definition) is 3. The maximum Gasteiger partial charge on any atom is 0.319 e. The smallest absolute Gasteiger partial charge is 0.319 e. The number of benzene rings is 2. The van der Waals surface area contributed by atoms with E-state index < -0.39 is 10.0 Å². The van der Waals surface area contributed by atoms with Gasteiger partial charge in [-0.1, -0.05) is 30.5 Å². The van der Waals surface area contributed by atoms with Crippen molar-refractivity contribution in [3.8, 4) is 0 Å². The first kappa shape index (κ1) is 18.8. The summed E-state index contributed by atoms with van der Waals surface area (Å²) in [5.74, 6) is 0. The van der Waals surface area contributed by atoms with Gasteiger partial charge in [0, 0.05) is 18.3 Å². The molecule has 4 rings (SSSR count). The van der Waals surface area contributed by atoms with Gasteiger partial charge in [0.05, 0.1) is 10.6 Å². The third kappa shape index (κ3) is 3.71. The number of carbonyl (C=O) groups excluding carboxylic acids is 1. The van der Waals surface area contributed by atoms with Crippen LogP contribution in [0.5, 0.6) is 0 Å². The SMILES string of the molecule is Cc1ccc(S(=O)(=O)N2CCc3cc(NC(=O)NC4CCCC4)ccc32)cc1. The molecule has 2 amide bonds. The summed E-state index contributed by atoms with van der Waals surface area (Å²) in [4.78, 5) is 12.5. The van der Waals surface area contributed by atoms with Crippen molar-refractivity contribution in [1.82, 2.24) is 5.32 Å². The van der Waals surface area contributed by atoms with E-state index in [1.54, 1.807) is 36.4 Å². The summed E-state index contributed by atoms with van der Waals surface area (Å²) in [5, 5.41) is 5.87. The van der Waals surface area contributed by atoms with Crippen LogP contribution in [0.25, 0.3) is 0 Å². The largest absolute Gasteiger partial charge is 0.335 e. The Hall–Kier alpha value is -2.54. The third-order valence-corrected chi connectivity index (χ3v) is 7.32. The fraction of sp³-hybridized carbons (Fsp3) is 0.381. The van der Waals surface area contributed by atoms with Gasteiger partial charge < -0.3 is 10.6 Å². The predicted molar refractivity (Wildman–Crippen MR) is 110 cm³/mol. The number of aryl methyl sites for hydroxylation is 1. The lowest BCUT2D eigenvalue weighted by Gasteiger charge is -2.20. The van der Waals surface area contributed by atoms with E-state index in [1.807, 2.05) is 13.0 Å². The van der Waals surface area contributed by atoms with Crippen LogP contribution in [0.3, 0.4) is 0 Å². The Morgan fingerprint density at radius 2 is 1.79 bits per heavy atom. The second-order valence-corrected chi connectivity index (χ2v) is 9.43. The summed E-state index contributed by atoms with van der Waals surface area (Å²) in [6, 6.07) is 12.4. The van der Waals surface area contributed by atoms with Crippen molar-refractivity contribution in [3.05, 3.63) is 53.6 Å². The van der Waals surface area contributed by atoms with Crippen LogP contribution in [-0.2, 0) is 16.4 Å². The molecule has 0 radical (unpaired) electrons. The Labute approximate surface area is 166 Å². The average Bonchev–Trinajstić information content (AvgIpc) is 3.31. The van der Waals surface area contributed by atoms with E-state index in [1.165, 1.54) is 4.31 Å². The van der Waals surface area contributed by atoms with Crippen LogP contribution in [0.1, 0.15) is 36.8 Å². The fourth-order valence-corrected chi connectivity index (χ4v) is 5.46. The molecule has 6 nitrogen and oxygen atoms in total. The highest BCUT2D eigenvalue weighted by Crippen LogP contribution is 2.34. The fourth-order valence-electron chi connectivity index (χ4n) is 3.96. The quantitative estimate of drug-likeness (QED) is 0.821. The minimum absolute atomic E-state index is 0.200. The van der Waals surface area contributed by atoms with Gasteiger partial charge in [0.2, 0.25) is 0 Å². The lowest BCUT2D eigenvalue weighted by atomic mass is 10.1. The highest BCUT2D eigenvalue weighted by molar-refractivity contribution is 7.92. The number of hydrogen-bond donors (Lipinski definition) is 2. The molecule has 1 fully saturated rings. The predicted octanol–water partition coefficient (Wildman–Crippen LogP) is 3.81. The highest BCUT2D eigenvalue weighted by Gasteiger charge is 2.31. The van der Waals surface area contributed by atoms with Crippen LogP contribution in [0.2, 0.25) is 0 Å². The van der Waals surface area contributed by atoms with E-state index in [4.69, 9.17) is 0 Å². The Balaban J connectivity index is 1.50. The van der Waals surface area contributed by atoms with E-state index in [2.05, 4.69) is 10.6 Å². The number of nitrogens with zero attached hydrogens (tertiary/aromatic N) is 1. The first-order chi connectivity index (χ1) is 13.4. The van der Waals surface area contributed by atoms with Crippen LogP contribution in [0, 0.1) is 6.92 Å². The average molecular weight is 400 g/mol. The Morgan fingerprint density at radius 3 is 2.50 bits per heavy atom. The maximum atomic E-state index is 13.0. The summed E-state index contributed by atoms with van der Waals surface area (Å²) < 4.78 is 27.5.